The van der Waals surface area contributed by atoms with Crippen molar-refractivity contribution in [1.29, 1.82) is 0 Å². The van der Waals surface area contributed by atoms with Gasteiger partial charge in [0.15, 0.2) is 0 Å². The number of carboxylic acids is 1. The highest BCUT2D eigenvalue weighted by Gasteiger charge is 2.71. The van der Waals surface area contributed by atoms with E-state index in [-0.39, 0.29) is 117 Å². The Hall–Kier alpha value is -5.15. The topological polar surface area (TPSA) is 401 Å². The van der Waals surface area contributed by atoms with E-state index in [9.17, 15) is 55.2 Å². The van der Waals surface area contributed by atoms with Crippen LogP contribution in [0.15, 0.2) is 19.6 Å². The second kappa shape index (κ2) is 41.5. The predicted molar refractivity (Wildman–Crippen MR) is 529 cm³/mol. The van der Waals surface area contributed by atoms with E-state index < -0.39 is 11.9 Å². The average molecular weight is 1940 g/mol. The molecule has 0 aliphatic heterocycles. The SMILES string of the molecule is CCOC(=O)c1nnc(CC[C@@H](C)C2CCC3C4C(CC[C@@]32C)[C@@]2(C)CC[C@@H](O)C[C@H]2[C@@H](CC)[C@H]4O)o1.CC[C@H]1[C@@H](O)C2C3CCC([C@H](C)CCc4ncn[nH]4)[C@@]3(C)CCC2[C@@]2(C)CC[C@@H](O)C[C@@H]12.CC[C@H]1[C@@H](O)C2C3CCC([C@H](C)CCc4nnc(C(=O)O)o4)[C@@]3(C)CCC2[C@@]2(C)CC[C@@H](O)C[C@@H]12.CC[C@H]1[C@@H](O)C2C3CCC([C@H](C)CCc4nnc(C(C)=O)o4)[C@@]3(C)CCC2[C@@]2(C)CC[C@@H](O)C[C@@H]12. The predicted octanol–water partition coefficient (Wildman–Crippen LogP) is 20.9. The monoisotopic (exact) mass is 1930 g/mol. The highest BCUT2D eigenvalue weighted by Crippen LogP contribution is 2.76. The smallest absolute Gasteiger partial charge is 0.396 e. The number of aromatic nitrogens is 9. The van der Waals surface area contributed by atoms with Crippen LogP contribution in [-0.2, 0) is 30.4 Å². The van der Waals surface area contributed by atoms with E-state index in [0.29, 0.717) is 202 Å². The molecule has 0 amide bonds. The minimum Gasteiger partial charge on any atom is -0.474 e. The Bertz CT molecular complexity index is 4620. The summed E-state index contributed by atoms with van der Waals surface area (Å²) in [5.74, 6) is 14.3. The van der Waals surface area contributed by atoms with Gasteiger partial charge in [-0.25, -0.2) is 14.6 Å². The Kier molecular flexibility index (Phi) is 31.4. The van der Waals surface area contributed by atoms with E-state index in [2.05, 4.69) is 157 Å². The first-order chi connectivity index (χ1) is 66.1. The van der Waals surface area contributed by atoms with Crippen LogP contribution in [0.5, 0.6) is 0 Å². The summed E-state index contributed by atoms with van der Waals surface area (Å²) in [6.45, 7) is 42.1. The number of aliphatic hydroxyl groups excluding tert-OH is 8. The molecule has 16 aliphatic carbocycles. The van der Waals surface area contributed by atoms with Gasteiger partial charge < -0.3 is 63.9 Å². The molecule has 16 aliphatic rings. The second-order valence-corrected chi connectivity index (χ2v) is 52.1. The Morgan fingerprint density at radius 1 is 0.360 bits per heavy atom. The van der Waals surface area contributed by atoms with Crippen LogP contribution in [0.25, 0.3) is 0 Å². The van der Waals surface area contributed by atoms with E-state index in [0.717, 1.165) is 147 Å². The van der Waals surface area contributed by atoms with Gasteiger partial charge in [-0.05, 0) is 421 Å². The zero-order valence-corrected chi connectivity index (χ0v) is 88.3. The molecule has 139 heavy (non-hydrogen) atoms. The number of H-pyrrole nitrogens is 1. The molecule has 10 N–H and O–H groups in total. The minimum atomic E-state index is -1.18. The molecule has 4 heterocycles. The Morgan fingerprint density at radius 3 is 0.885 bits per heavy atom. The zero-order valence-electron chi connectivity index (χ0n) is 88.3. The molecule has 4 aromatic rings. The fourth-order valence-corrected chi connectivity index (χ4v) is 39.9. The van der Waals surface area contributed by atoms with Crippen molar-refractivity contribution in [2.75, 3.05) is 6.61 Å². The summed E-state index contributed by atoms with van der Waals surface area (Å²) >= 11 is 0. The summed E-state index contributed by atoms with van der Waals surface area (Å²) in [7, 11) is 0. The summed E-state index contributed by atoms with van der Waals surface area (Å²) < 4.78 is 21.4. The number of aromatic amines is 1. The fraction of sp³-hybridized carbons (Fsp3) is 0.904. The maximum atomic E-state index is 11.9. The van der Waals surface area contributed by atoms with Gasteiger partial charge in [-0.1, -0.05) is 136 Å². The standard InChI is InChI=1S/C30H48N2O5.C29H46N2O4.C28H44N2O5.C27H45N3O2/c1-6-19-23-16-18(33)12-14-30(23,5)22-13-15-29(4)20(9-10-21(29)25(22)26(19)34)17(3)8-11-24-31-32-27(37-24)28(35)36-7-2;1-6-19-23-15-18(33)11-13-29(23,5)22-12-14-28(4)20(8-9-21(28)25(22)26(19)34)16(2)7-10-24-30-31-27(35-24)17(3)32;1-5-17-21-14-16(31)10-12-28(21,4)20-11-13-27(3)18(7-8-19(27)23(20)24(17)32)15(2)6-9-22-29-30-25(35-22)26(33)34;1-5-18-22-14-17(31)10-12-27(22,4)21-11-13-26(3)19(7-8-20(26)24(21)25(18)32)16(2)6-9-23-28-15-29-30-23/h17-23,25-26,33-34H,6-16H2,1-5H3;16,18-23,25-26,33-34H,6-15H2,1-5H3;15-21,23-24,31-32H,5-14H2,1-4H3,(H,33,34);15-22,24-25,31-32H,5-14H2,1-4H3,(H,28,29,30)/t17-,18-,19-,20?,21?,22?,23+,25?,26-,29-,30-;16-,18-,19-,20?,21?,22?,23+,25?,26-,28-,29-;15-,16-,17-,18?,19?,20?,21+,23?,24-,27-,28-;16-,17-,18-,19?,20?,21?,22+,24?,25-,26-,27-/m1111/s1. The van der Waals surface area contributed by atoms with Gasteiger partial charge in [0.2, 0.25) is 23.5 Å². The number of ether oxygens (including phenoxy) is 1. The molecule has 44 atom stereocenters. The van der Waals surface area contributed by atoms with Gasteiger partial charge in [0.05, 0.1) is 55.4 Å². The molecule has 16 fully saturated rings. The van der Waals surface area contributed by atoms with Crippen LogP contribution in [0.2, 0.25) is 0 Å². The molecule has 16 saturated carbocycles. The van der Waals surface area contributed by atoms with Crippen molar-refractivity contribution in [3.63, 3.8) is 0 Å². The number of esters is 1. The first-order valence-electron chi connectivity index (χ1n) is 56.8. The summed E-state index contributed by atoms with van der Waals surface area (Å²) in [4.78, 5) is 38.7. The number of carboxylic acid groups (broad SMARTS) is 1. The number of Topliss-reactive ketones (excluding diaryl/α,β-unsaturated/α-hetero) is 1. The van der Waals surface area contributed by atoms with Gasteiger partial charge in [-0.2, -0.15) is 5.10 Å². The van der Waals surface area contributed by atoms with Crippen LogP contribution in [0.4, 0.5) is 0 Å². The third-order valence-electron chi connectivity index (χ3n) is 46.7. The summed E-state index contributed by atoms with van der Waals surface area (Å²) in [5.41, 5.74) is 2.08. The van der Waals surface area contributed by atoms with Crippen molar-refractivity contribution in [3.8, 4) is 0 Å². The maximum absolute atomic E-state index is 11.9. The molecule has 4 aromatic heterocycles. The largest absolute Gasteiger partial charge is 0.474 e. The minimum absolute atomic E-state index is 0.0606. The highest BCUT2D eigenvalue weighted by molar-refractivity contribution is 5.89. The third-order valence-corrected chi connectivity index (χ3v) is 46.7. The van der Waals surface area contributed by atoms with Crippen molar-refractivity contribution in [3.05, 3.63) is 47.5 Å². The van der Waals surface area contributed by atoms with Gasteiger partial charge in [-0.15, -0.1) is 30.6 Å². The number of carbonyl (C=O) groups is 3. The van der Waals surface area contributed by atoms with Crippen LogP contribution < -0.4 is 0 Å². The van der Waals surface area contributed by atoms with Gasteiger partial charge >= 0.3 is 23.7 Å². The first kappa shape index (κ1) is 105. The lowest BCUT2D eigenvalue weighted by Crippen LogP contribution is -2.62. The van der Waals surface area contributed by atoms with Crippen LogP contribution in [-0.4, -0.2) is 165 Å². The Morgan fingerprint density at radius 2 is 0.626 bits per heavy atom. The molecule has 0 saturated heterocycles. The van der Waals surface area contributed by atoms with Crippen molar-refractivity contribution in [1.82, 2.24) is 45.8 Å². The molecule has 780 valence electrons. The lowest BCUT2D eigenvalue weighted by atomic mass is 9.41. The van der Waals surface area contributed by atoms with Crippen molar-refractivity contribution in [2.45, 2.75) is 430 Å². The zero-order chi connectivity index (χ0) is 99.4. The van der Waals surface area contributed by atoms with Crippen LogP contribution in [0, 0.1) is 209 Å². The van der Waals surface area contributed by atoms with E-state index in [1.54, 1.807) is 13.3 Å². The van der Waals surface area contributed by atoms with Gasteiger partial charge in [0, 0.05) is 32.6 Å². The molecule has 0 radical (unpaired) electrons. The molecule has 0 aromatic carbocycles. The highest BCUT2D eigenvalue weighted by atomic mass is 16.5. The number of aliphatic hydroxyl groups is 8. The second-order valence-electron chi connectivity index (χ2n) is 52.1. The Labute approximate surface area is 830 Å². The molecule has 16 unspecified atom stereocenters. The van der Waals surface area contributed by atoms with Gasteiger partial charge in [0.25, 0.3) is 5.89 Å². The number of rotatable bonds is 24. The molecular weight excluding hydrogens is 1750 g/mol. The van der Waals surface area contributed by atoms with E-state index in [4.69, 9.17) is 23.1 Å². The molecule has 0 bridgehead atoms. The van der Waals surface area contributed by atoms with Crippen molar-refractivity contribution in [2.24, 2.45) is 209 Å². The number of nitrogens with one attached hydrogen (secondary N) is 1. The van der Waals surface area contributed by atoms with Gasteiger partial charge in [-0.3, -0.25) is 9.89 Å². The number of carbonyl (C=O) groups excluding carboxylic acids is 2. The number of hydrogen-bond acceptors (Lipinski definition) is 23. The Balaban J connectivity index is 0.000000128. The van der Waals surface area contributed by atoms with Crippen LogP contribution in [0.1, 0.15) is 411 Å². The molecule has 25 heteroatoms. The van der Waals surface area contributed by atoms with E-state index in [1.165, 1.54) is 110 Å². The van der Waals surface area contributed by atoms with Crippen LogP contribution >= 0.6 is 0 Å². The lowest BCUT2D eigenvalue weighted by molar-refractivity contribution is -0.203. The number of ketones is 1. The summed E-state index contributed by atoms with van der Waals surface area (Å²) in [6, 6.07) is 0. The fourth-order valence-electron chi connectivity index (χ4n) is 39.9. The third kappa shape index (κ3) is 18.8. The number of nitrogens with zero attached hydrogens (tertiary/aromatic N) is 8. The van der Waals surface area contributed by atoms with E-state index >= 15 is 0 Å². The number of aromatic carboxylic acids is 1. The number of hydrogen-bond donors (Lipinski definition) is 10. The maximum Gasteiger partial charge on any atom is 0.396 e. The lowest BCUT2D eigenvalue weighted by Gasteiger charge is -2.64. The first-order valence-corrected chi connectivity index (χ1v) is 56.8. The molecule has 0 spiro atoms. The molecule has 20 rings (SSSR count). The summed E-state index contributed by atoms with van der Waals surface area (Å²) in [6.07, 6.45) is 42.2. The molecular formula is C114H183N9O16. The van der Waals surface area contributed by atoms with Crippen molar-refractivity contribution >= 4 is 17.7 Å². The summed E-state index contributed by atoms with van der Waals surface area (Å²) in [5, 5.41) is 129. The van der Waals surface area contributed by atoms with E-state index in [1.807, 2.05) is 0 Å². The molecule has 25 nitrogen and oxygen atoms in total. The normalized spacial score (nSPS) is 46.1. The van der Waals surface area contributed by atoms with Gasteiger partial charge in [0.1, 0.15) is 12.2 Å². The quantitative estimate of drug-likeness (QED) is 0.0230. The average Bonchev–Trinajstić information content (AvgIpc) is 1.68. The number of aryl methyl sites for hydroxylation is 4. The van der Waals surface area contributed by atoms with Crippen molar-refractivity contribution < 1.29 is 78.3 Å². The van der Waals surface area contributed by atoms with Crippen LogP contribution in [0.3, 0.4) is 0 Å². The number of fused-ring (bicyclic) bond motifs is 20.